The van der Waals surface area contributed by atoms with Gasteiger partial charge in [-0.1, -0.05) is 0 Å². The van der Waals surface area contributed by atoms with Gasteiger partial charge in [0.1, 0.15) is 0 Å². The molecule has 0 spiro atoms. The van der Waals surface area contributed by atoms with Crippen molar-refractivity contribution in [2.24, 2.45) is 0 Å². The van der Waals surface area contributed by atoms with Gasteiger partial charge < -0.3 is 0 Å². The third-order valence-corrected chi connectivity index (χ3v) is 11.1. The van der Waals surface area contributed by atoms with Crippen LogP contribution in [-0.2, 0) is 0 Å². The number of hydrogen-bond donors (Lipinski definition) is 0. The molecule has 0 bridgehead atoms. The molecule has 0 radical (unpaired) electrons. The second-order valence-corrected chi connectivity index (χ2v) is 13.7. The number of aromatic nitrogens is 3. The topological polar surface area (TPSA) is 38.7 Å². The van der Waals surface area contributed by atoms with Crippen molar-refractivity contribution in [1.29, 1.82) is 0 Å². The zero-order valence-corrected chi connectivity index (χ0v) is 27.6. The van der Waals surface area contributed by atoms with Crippen LogP contribution >= 0.6 is 0 Å². The Hall–Kier alpha value is -4.37. The molecule has 9 rings (SSSR count). The van der Waals surface area contributed by atoms with E-state index in [0.29, 0.717) is 22.1 Å². The average molecular weight is 723 g/mol. The Morgan fingerprint density at radius 2 is 1.33 bits per heavy atom. The van der Waals surface area contributed by atoms with Crippen LogP contribution in [0.3, 0.4) is 0 Å². The van der Waals surface area contributed by atoms with Gasteiger partial charge >= 0.3 is 323 Å². The van der Waals surface area contributed by atoms with Gasteiger partial charge in [0, 0.05) is 0 Å². The summed E-state index contributed by atoms with van der Waals surface area (Å²) in [7, 11) is 0. The monoisotopic (exact) mass is 723 g/mol. The third kappa shape index (κ3) is 5.66. The van der Waals surface area contributed by atoms with Crippen molar-refractivity contribution < 1.29 is 27.4 Å². The van der Waals surface area contributed by atoms with Crippen molar-refractivity contribution in [3.8, 4) is 44.6 Å². The van der Waals surface area contributed by atoms with Crippen LogP contribution in [-0.4, -0.2) is 29.9 Å². The average Bonchev–Trinajstić information content (AvgIpc) is 3.70. The van der Waals surface area contributed by atoms with E-state index in [4.69, 9.17) is 16.4 Å². The summed E-state index contributed by atoms with van der Waals surface area (Å²) >= 11 is -0.336. The maximum atomic E-state index is 10.5. The third-order valence-electron chi connectivity index (χ3n) is 8.74. The second-order valence-electron chi connectivity index (χ2n) is 11.4. The molecule has 0 aliphatic heterocycles. The molecule has 4 heteroatoms. The zero-order chi connectivity index (χ0) is 50.5. The minimum absolute atomic E-state index is 0.0105. The molecular formula is C45H41N3Se. The Morgan fingerprint density at radius 3 is 2.16 bits per heavy atom. The van der Waals surface area contributed by atoms with Gasteiger partial charge in [0.15, 0.2) is 0 Å². The van der Waals surface area contributed by atoms with E-state index in [9.17, 15) is 11.0 Å². The molecule has 3 nitrogen and oxygen atoms in total. The van der Waals surface area contributed by atoms with Crippen molar-refractivity contribution in [1.82, 2.24) is 15.4 Å². The van der Waals surface area contributed by atoms with Crippen LogP contribution < -0.4 is 0 Å². The van der Waals surface area contributed by atoms with E-state index < -0.39 is 92.3 Å². The molecule has 0 amide bonds. The SMILES string of the molecule is [2H]C1C([2H])([2H])C([2H])([2H])C([2H])([2H])C([2H])([2H])C1([2H])c1ccc(-c2c(-c3ccccc3-c3ccccc3)ccc3[se]c4ccccc4c23)c(-c2ccnnn2)c1C1([2H])C([2H])C([2H])([2H])C([2H])([2H])C([2H])([2H])C1([2H])[2H]. The van der Waals surface area contributed by atoms with Gasteiger partial charge in [-0.2, -0.15) is 0 Å². The van der Waals surface area contributed by atoms with Crippen LogP contribution in [0.5, 0.6) is 0 Å². The van der Waals surface area contributed by atoms with Crippen molar-refractivity contribution >= 4 is 33.8 Å². The number of hydrogen-bond acceptors (Lipinski definition) is 3. The normalized spacial score (nSPS) is 38.4. The van der Waals surface area contributed by atoms with E-state index >= 15 is 0 Å². The van der Waals surface area contributed by atoms with Crippen LogP contribution in [0.2, 0.25) is 0 Å². The number of benzene rings is 5. The van der Waals surface area contributed by atoms with Crippen LogP contribution in [0.15, 0.2) is 115 Å². The van der Waals surface area contributed by atoms with E-state index in [1.807, 2.05) is 91.0 Å². The van der Waals surface area contributed by atoms with E-state index in [-0.39, 0.29) is 25.8 Å². The molecule has 242 valence electrons. The Bertz CT molecular complexity index is 3180. The molecule has 2 fully saturated rings. The van der Waals surface area contributed by atoms with Gasteiger partial charge in [0.05, 0.1) is 0 Å². The molecule has 49 heavy (non-hydrogen) atoms. The fourth-order valence-corrected chi connectivity index (χ4v) is 9.04. The second kappa shape index (κ2) is 13.5. The standard InChI is InChI=1S/C45H41N3Se/c1-4-14-30(15-5-1)33-20-10-11-21-35(33)36-26-27-41-45(37-22-12-13-23-40(37)49-41)43(36)38-25-24-34(31-16-6-2-7-17-31)42(32-18-8-3-9-19-32)44(38)39-28-29-46-48-47-39/h1,4-5,10-15,20-29,31-32H,2-3,6-9,16-19H2/i2D2,3D2,6D2,7D2,8D2,9D2,16D,17D2,18D,19D2,31D,32D. The van der Waals surface area contributed by atoms with Crippen molar-refractivity contribution in [2.75, 3.05) is 0 Å². The van der Waals surface area contributed by atoms with Gasteiger partial charge in [-0.3, -0.25) is 0 Å². The molecule has 5 aromatic carbocycles. The first kappa shape index (κ1) is 16.1. The van der Waals surface area contributed by atoms with Crippen molar-refractivity contribution in [2.45, 2.75) is 75.6 Å². The summed E-state index contributed by atoms with van der Waals surface area (Å²) in [5.74, 6) is -7.58. The number of rotatable bonds is 6. The zero-order valence-electron chi connectivity index (χ0n) is 45.9. The van der Waals surface area contributed by atoms with Gasteiger partial charge in [0.2, 0.25) is 0 Å². The summed E-state index contributed by atoms with van der Waals surface area (Å²) in [6.07, 6.45) is -36.1. The first-order valence-electron chi connectivity index (χ1n) is 25.9. The van der Waals surface area contributed by atoms with Crippen molar-refractivity contribution in [3.05, 3.63) is 127 Å². The van der Waals surface area contributed by atoms with Gasteiger partial charge in [-0.15, -0.1) is 0 Å². The minimum atomic E-state index is -4.05. The molecule has 0 N–H and O–H groups in total. The quantitative estimate of drug-likeness (QED) is 0.160. The molecule has 2 aromatic heterocycles. The van der Waals surface area contributed by atoms with Gasteiger partial charge in [-0.05, 0) is 0 Å². The van der Waals surface area contributed by atoms with Crippen LogP contribution in [0.25, 0.3) is 63.9 Å². The van der Waals surface area contributed by atoms with Gasteiger partial charge in [0.25, 0.3) is 0 Å². The fraction of sp³-hybridized carbons (Fsp3) is 0.267. The summed E-state index contributed by atoms with van der Waals surface area (Å²) in [5.41, 5.74) is -0.00349. The Morgan fingerprint density at radius 1 is 0.592 bits per heavy atom. The molecule has 2 aliphatic carbocycles. The Labute approximate surface area is 323 Å². The first-order chi connectivity index (χ1) is 31.9. The fourth-order valence-electron chi connectivity index (χ4n) is 6.70. The number of fused-ring (bicyclic) bond motifs is 3. The molecule has 2 aliphatic rings. The van der Waals surface area contributed by atoms with Crippen LogP contribution in [0.4, 0.5) is 0 Å². The summed E-state index contributed by atoms with van der Waals surface area (Å²) in [5, 5.41) is 13.2. The maximum absolute atomic E-state index is 10.5. The van der Waals surface area contributed by atoms with Crippen molar-refractivity contribution in [3.63, 3.8) is 0 Å². The predicted octanol–water partition coefficient (Wildman–Crippen LogP) is 12.0. The number of nitrogens with zero attached hydrogens (tertiary/aromatic N) is 3. The molecule has 4 atom stereocenters. The Balaban J connectivity index is 1.57. The summed E-state index contributed by atoms with van der Waals surface area (Å²) in [6, 6.07) is 31.6. The summed E-state index contributed by atoms with van der Waals surface area (Å²) in [4.78, 5) is 0. The van der Waals surface area contributed by atoms with E-state index in [1.54, 1.807) is 0 Å². The molecule has 2 saturated carbocycles. The summed E-state index contributed by atoms with van der Waals surface area (Å²) < 4.78 is 186. The molecule has 7 aromatic rings. The molecule has 2 heterocycles. The van der Waals surface area contributed by atoms with Gasteiger partial charge in [-0.25, -0.2) is 0 Å². The van der Waals surface area contributed by atoms with E-state index in [2.05, 4.69) is 15.4 Å². The molecular weight excluding hydrogens is 661 g/mol. The summed E-state index contributed by atoms with van der Waals surface area (Å²) in [6.45, 7) is 0. The predicted molar refractivity (Wildman–Crippen MR) is 205 cm³/mol. The molecule has 0 saturated heterocycles. The van der Waals surface area contributed by atoms with E-state index in [1.165, 1.54) is 12.1 Å². The molecule has 4 unspecified atom stereocenters. The Kier molecular flexibility index (Phi) is 4.44. The van der Waals surface area contributed by atoms with Crippen LogP contribution in [0.1, 0.15) is 114 Å². The first-order valence-corrected chi connectivity index (χ1v) is 17.4. The van der Waals surface area contributed by atoms with Crippen LogP contribution in [0, 0.1) is 0 Å². The van der Waals surface area contributed by atoms with E-state index in [0.717, 1.165) is 37.3 Å².